The van der Waals surface area contributed by atoms with Crippen LogP contribution in [0.4, 0.5) is 0 Å². The summed E-state index contributed by atoms with van der Waals surface area (Å²) in [4.78, 5) is 0. The molecular weight excluding hydrogens is 180 g/mol. The average molecular weight is 210 g/mol. The molecule has 0 unspecified atom stereocenters. The van der Waals surface area contributed by atoms with Crippen LogP contribution in [0.5, 0.6) is 0 Å². The molecule has 0 saturated heterocycles. The molecule has 0 amide bonds. The molecule has 0 atom stereocenters. The van der Waals surface area contributed by atoms with Gasteiger partial charge in [-0.25, -0.2) is 0 Å². The minimum Gasteiger partial charge on any atom is -0.0875 e. The third kappa shape index (κ3) is 6.02. The van der Waals surface area contributed by atoms with E-state index in [9.17, 15) is 0 Å². The maximum Gasteiger partial charge on any atom is -0.0152 e. The first-order chi connectivity index (χ1) is 6.89. The molecule has 0 aliphatic rings. The molecule has 0 spiro atoms. The van der Waals surface area contributed by atoms with Crippen molar-refractivity contribution in [1.82, 2.24) is 0 Å². The minimum absolute atomic E-state index is 0.419. The van der Waals surface area contributed by atoms with Crippen molar-refractivity contribution >= 4 is 0 Å². The molecule has 15 heavy (non-hydrogen) atoms. The Morgan fingerprint density at radius 2 is 1.47 bits per heavy atom. The second-order valence-electron chi connectivity index (χ2n) is 5.88. The zero-order valence-corrected chi connectivity index (χ0v) is 11.7. The second kappa shape index (κ2) is 6.35. The van der Waals surface area contributed by atoms with E-state index < -0.39 is 0 Å². The topological polar surface area (TPSA) is 0 Å². The van der Waals surface area contributed by atoms with Gasteiger partial charge in [-0.05, 0) is 36.5 Å². The zero-order valence-electron chi connectivity index (χ0n) is 11.7. The van der Waals surface area contributed by atoms with E-state index in [1.165, 1.54) is 32.1 Å². The van der Waals surface area contributed by atoms with Crippen molar-refractivity contribution in [2.24, 2.45) is 10.8 Å². The molecule has 0 bridgehead atoms. The molecule has 0 heterocycles. The van der Waals surface area contributed by atoms with Crippen LogP contribution in [0.15, 0.2) is 12.2 Å². The van der Waals surface area contributed by atoms with Crippen LogP contribution >= 0.6 is 0 Å². The van der Waals surface area contributed by atoms with E-state index in [1.54, 1.807) is 0 Å². The fourth-order valence-corrected chi connectivity index (χ4v) is 1.93. The molecule has 0 fully saturated rings. The summed E-state index contributed by atoms with van der Waals surface area (Å²) < 4.78 is 0. The Bertz CT molecular complexity index is 182. The van der Waals surface area contributed by atoms with E-state index >= 15 is 0 Å². The van der Waals surface area contributed by atoms with Crippen LogP contribution < -0.4 is 0 Å². The van der Waals surface area contributed by atoms with Crippen LogP contribution in [0, 0.1) is 10.8 Å². The quantitative estimate of drug-likeness (QED) is 0.481. The summed E-state index contributed by atoms with van der Waals surface area (Å²) in [7, 11) is 0. The first-order valence-corrected chi connectivity index (χ1v) is 6.57. The fourth-order valence-electron chi connectivity index (χ4n) is 1.93. The van der Waals surface area contributed by atoms with Crippen molar-refractivity contribution < 1.29 is 0 Å². The molecule has 0 rings (SSSR count). The van der Waals surface area contributed by atoms with Gasteiger partial charge in [0.1, 0.15) is 0 Å². The SMILES string of the molecule is CCCC(C)(C)CC=CC(C)(CC)CC. The van der Waals surface area contributed by atoms with Crippen LogP contribution in [-0.2, 0) is 0 Å². The maximum atomic E-state index is 2.43. The molecule has 0 aromatic rings. The molecule has 0 N–H and O–H groups in total. The van der Waals surface area contributed by atoms with Crippen molar-refractivity contribution in [3.63, 3.8) is 0 Å². The normalized spacial score (nSPS) is 13.7. The lowest BCUT2D eigenvalue weighted by molar-refractivity contribution is 0.331. The van der Waals surface area contributed by atoms with Gasteiger partial charge < -0.3 is 0 Å². The lowest BCUT2D eigenvalue weighted by Gasteiger charge is -2.25. The minimum atomic E-state index is 0.419. The standard InChI is InChI=1S/C15H30/c1-7-11-14(4,5)12-10-13-15(6,8-2)9-3/h10,13H,7-9,11-12H2,1-6H3. The fraction of sp³-hybridized carbons (Fsp3) is 0.867. The molecule has 0 radical (unpaired) electrons. The monoisotopic (exact) mass is 210 g/mol. The van der Waals surface area contributed by atoms with Gasteiger partial charge in [0, 0.05) is 0 Å². The van der Waals surface area contributed by atoms with E-state index in [2.05, 4.69) is 53.7 Å². The molecule has 0 aliphatic heterocycles. The van der Waals surface area contributed by atoms with Gasteiger partial charge in [-0.2, -0.15) is 0 Å². The third-order valence-electron chi connectivity index (χ3n) is 3.73. The van der Waals surface area contributed by atoms with Crippen LogP contribution in [-0.4, -0.2) is 0 Å². The number of hydrogen-bond donors (Lipinski definition) is 0. The van der Waals surface area contributed by atoms with E-state index in [4.69, 9.17) is 0 Å². The largest absolute Gasteiger partial charge is 0.0875 e. The first-order valence-electron chi connectivity index (χ1n) is 6.57. The average Bonchev–Trinajstić information content (AvgIpc) is 2.17. The molecule has 0 aliphatic carbocycles. The number of hydrogen-bond acceptors (Lipinski definition) is 0. The molecule has 0 heteroatoms. The summed E-state index contributed by atoms with van der Waals surface area (Å²) in [5.41, 5.74) is 0.899. The molecule has 0 saturated carbocycles. The van der Waals surface area contributed by atoms with Gasteiger partial charge in [0.25, 0.3) is 0 Å². The second-order valence-corrected chi connectivity index (χ2v) is 5.88. The zero-order chi connectivity index (χ0) is 11.9. The smallest absolute Gasteiger partial charge is 0.0152 e. The lowest BCUT2D eigenvalue weighted by atomic mass is 9.81. The molecule has 0 aromatic carbocycles. The molecule has 0 aromatic heterocycles. The van der Waals surface area contributed by atoms with Gasteiger partial charge >= 0.3 is 0 Å². The summed E-state index contributed by atoms with van der Waals surface area (Å²) in [6.45, 7) is 13.9. The van der Waals surface area contributed by atoms with E-state index in [0.717, 1.165) is 0 Å². The predicted octanol–water partition coefficient (Wildman–Crippen LogP) is 5.59. The highest BCUT2D eigenvalue weighted by molar-refractivity contribution is 4.97. The Labute approximate surface area is 97.2 Å². The van der Waals surface area contributed by atoms with E-state index in [-0.39, 0.29) is 0 Å². The van der Waals surface area contributed by atoms with Gasteiger partial charge in [0.2, 0.25) is 0 Å². The molecule has 90 valence electrons. The molecule has 0 nitrogen and oxygen atoms in total. The van der Waals surface area contributed by atoms with E-state index in [1.807, 2.05) is 0 Å². The van der Waals surface area contributed by atoms with Crippen molar-refractivity contribution in [1.29, 1.82) is 0 Å². The summed E-state index contributed by atoms with van der Waals surface area (Å²) in [6, 6.07) is 0. The number of rotatable bonds is 7. The Hall–Kier alpha value is -0.260. The van der Waals surface area contributed by atoms with Crippen LogP contribution in [0.1, 0.15) is 73.6 Å². The Balaban J connectivity index is 4.18. The summed E-state index contributed by atoms with van der Waals surface area (Å²) >= 11 is 0. The Morgan fingerprint density at radius 3 is 1.87 bits per heavy atom. The summed E-state index contributed by atoms with van der Waals surface area (Å²) in [5, 5.41) is 0. The third-order valence-corrected chi connectivity index (χ3v) is 3.73. The highest BCUT2D eigenvalue weighted by Crippen LogP contribution is 2.31. The van der Waals surface area contributed by atoms with Gasteiger partial charge in [-0.15, -0.1) is 0 Å². The van der Waals surface area contributed by atoms with Gasteiger partial charge in [0.15, 0.2) is 0 Å². The maximum absolute atomic E-state index is 2.43. The van der Waals surface area contributed by atoms with Crippen molar-refractivity contribution in [3.05, 3.63) is 12.2 Å². The van der Waals surface area contributed by atoms with E-state index in [0.29, 0.717) is 10.8 Å². The highest BCUT2D eigenvalue weighted by atomic mass is 14.2. The van der Waals surface area contributed by atoms with Crippen molar-refractivity contribution in [2.45, 2.75) is 73.6 Å². The van der Waals surface area contributed by atoms with Gasteiger partial charge in [-0.1, -0.05) is 60.1 Å². The van der Waals surface area contributed by atoms with Crippen LogP contribution in [0.2, 0.25) is 0 Å². The number of allylic oxidation sites excluding steroid dienone is 2. The van der Waals surface area contributed by atoms with Crippen molar-refractivity contribution in [2.75, 3.05) is 0 Å². The van der Waals surface area contributed by atoms with Crippen LogP contribution in [0.25, 0.3) is 0 Å². The first kappa shape index (κ1) is 14.7. The highest BCUT2D eigenvalue weighted by Gasteiger charge is 2.17. The molecular formula is C15H30. The van der Waals surface area contributed by atoms with Crippen LogP contribution in [0.3, 0.4) is 0 Å². The van der Waals surface area contributed by atoms with Gasteiger partial charge in [0.05, 0.1) is 0 Å². The Morgan fingerprint density at radius 1 is 0.933 bits per heavy atom. The lowest BCUT2D eigenvalue weighted by Crippen LogP contribution is -2.12. The van der Waals surface area contributed by atoms with Gasteiger partial charge in [-0.3, -0.25) is 0 Å². The predicted molar refractivity (Wildman–Crippen MR) is 71.1 cm³/mol. The summed E-state index contributed by atoms with van der Waals surface area (Å²) in [6.07, 6.45) is 11.2. The summed E-state index contributed by atoms with van der Waals surface area (Å²) in [5.74, 6) is 0. The Kier molecular flexibility index (Phi) is 6.24. The van der Waals surface area contributed by atoms with Crippen molar-refractivity contribution in [3.8, 4) is 0 Å².